The molecule has 0 radical (unpaired) electrons. The molecule has 0 saturated carbocycles. The van der Waals surface area contributed by atoms with Crippen LogP contribution in [0.5, 0.6) is 11.5 Å². The number of carboxylic acid groups (broad SMARTS) is 1. The van der Waals surface area contributed by atoms with Gasteiger partial charge in [0.2, 0.25) is 0 Å². The topological polar surface area (TPSA) is 55.8 Å². The van der Waals surface area contributed by atoms with Gasteiger partial charge in [-0.1, -0.05) is 30.3 Å². The zero-order chi connectivity index (χ0) is 14.8. The molecule has 0 saturated heterocycles. The van der Waals surface area contributed by atoms with Crippen LogP contribution in [-0.2, 0) is 6.42 Å². The first-order valence-electron chi connectivity index (χ1n) is 6.85. The third-order valence-corrected chi connectivity index (χ3v) is 3.77. The van der Waals surface area contributed by atoms with E-state index in [0.29, 0.717) is 11.5 Å². The van der Waals surface area contributed by atoms with Crippen LogP contribution in [-0.4, -0.2) is 18.2 Å². The Morgan fingerprint density at radius 3 is 2.76 bits per heavy atom. The molecule has 0 aliphatic heterocycles. The van der Waals surface area contributed by atoms with Gasteiger partial charge >= 0.3 is 5.97 Å². The molecule has 1 aliphatic carbocycles. The van der Waals surface area contributed by atoms with Crippen LogP contribution >= 0.6 is 0 Å². The first-order valence-corrected chi connectivity index (χ1v) is 6.85. The van der Waals surface area contributed by atoms with Crippen LogP contribution in [0.3, 0.4) is 0 Å². The third kappa shape index (κ3) is 2.44. The van der Waals surface area contributed by atoms with Crippen LogP contribution in [0.15, 0.2) is 42.5 Å². The Hall–Kier alpha value is -2.49. The number of ether oxygens (including phenoxy) is 2. The molecule has 4 heteroatoms. The van der Waals surface area contributed by atoms with Crippen LogP contribution in [0.4, 0.5) is 0 Å². The largest absolute Gasteiger partial charge is 0.493 e. The lowest BCUT2D eigenvalue weighted by atomic mass is 10.1. The number of hydrogen-bond acceptors (Lipinski definition) is 3. The van der Waals surface area contributed by atoms with Crippen molar-refractivity contribution >= 4 is 5.97 Å². The van der Waals surface area contributed by atoms with Crippen molar-refractivity contribution < 1.29 is 19.4 Å². The van der Waals surface area contributed by atoms with Crippen molar-refractivity contribution in [3.63, 3.8) is 0 Å². The first-order chi connectivity index (χ1) is 10.2. The highest BCUT2D eigenvalue weighted by Gasteiger charge is 2.26. The van der Waals surface area contributed by atoms with Gasteiger partial charge in [0.05, 0.1) is 7.11 Å². The maximum atomic E-state index is 11.4. The Kier molecular flexibility index (Phi) is 3.52. The van der Waals surface area contributed by atoms with E-state index in [1.807, 2.05) is 18.2 Å². The monoisotopic (exact) mass is 284 g/mol. The Morgan fingerprint density at radius 2 is 2.00 bits per heavy atom. The molecule has 0 bridgehead atoms. The van der Waals surface area contributed by atoms with E-state index in [-0.39, 0.29) is 11.7 Å². The zero-order valence-corrected chi connectivity index (χ0v) is 11.7. The van der Waals surface area contributed by atoms with Gasteiger partial charge in [0, 0.05) is 0 Å². The first kappa shape index (κ1) is 13.5. The van der Waals surface area contributed by atoms with Crippen LogP contribution in [0.1, 0.15) is 34.0 Å². The van der Waals surface area contributed by atoms with Crippen LogP contribution in [0, 0.1) is 0 Å². The molecular weight excluding hydrogens is 268 g/mol. The lowest BCUT2D eigenvalue weighted by Gasteiger charge is -2.18. The van der Waals surface area contributed by atoms with E-state index in [1.54, 1.807) is 12.1 Å². The second kappa shape index (κ2) is 5.48. The highest BCUT2D eigenvalue weighted by atomic mass is 16.5. The van der Waals surface area contributed by atoms with E-state index < -0.39 is 5.97 Å². The number of methoxy groups -OCH3 is 1. The Balaban J connectivity index is 1.97. The van der Waals surface area contributed by atoms with Gasteiger partial charge in [-0.2, -0.15) is 0 Å². The molecule has 21 heavy (non-hydrogen) atoms. The quantitative estimate of drug-likeness (QED) is 0.934. The summed E-state index contributed by atoms with van der Waals surface area (Å²) in [6.45, 7) is 0. The van der Waals surface area contributed by atoms with Gasteiger partial charge in [-0.15, -0.1) is 0 Å². The van der Waals surface area contributed by atoms with E-state index in [2.05, 4.69) is 6.07 Å². The molecule has 4 nitrogen and oxygen atoms in total. The summed E-state index contributed by atoms with van der Waals surface area (Å²) in [5, 5.41) is 9.32. The van der Waals surface area contributed by atoms with Gasteiger partial charge in [0.15, 0.2) is 11.5 Å². The fourth-order valence-corrected chi connectivity index (χ4v) is 2.75. The highest BCUT2D eigenvalue weighted by molar-refractivity contribution is 5.92. The van der Waals surface area contributed by atoms with Crippen molar-refractivity contribution in [3.8, 4) is 11.5 Å². The molecule has 0 amide bonds. The molecule has 1 N–H and O–H groups in total. The summed E-state index contributed by atoms with van der Waals surface area (Å²) in [5.41, 5.74) is 2.51. The lowest BCUT2D eigenvalue weighted by molar-refractivity contribution is 0.0687. The number of benzene rings is 2. The summed E-state index contributed by atoms with van der Waals surface area (Å²) in [7, 11) is 1.51. The number of rotatable bonds is 4. The predicted octanol–water partition coefficient (Wildman–Crippen LogP) is 3.46. The smallest absolute Gasteiger partial charge is 0.339 e. The average molecular weight is 284 g/mol. The summed E-state index contributed by atoms with van der Waals surface area (Å²) < 4.78 is 11.3. The number of aryl methyl sites for hydroxylation is 1. The van der Waals surface area contributed by atoms with Gasteiger partial charge in [-0.05, 0) is 36.1 Å². The van der Waals surface area contributed by atoms with Crippen molar-refractivity contribution in [1.29, 1.82) is 0 Å². The molecule has 0 heterocycles. The van der Waals surface area contributed by atoms with Gasteiger partial charge in [0.1, 0.15) is 11.7 Å². The number of carboxylic acids is 1. The van der Waals surface area contributed by atoms with Crippen LogP contribution in [0.25, 0.3) is 0 Å². The summed E-state index contributed by atoms with van der Waals surface area (Å²) in [6, 6.07) is 13.0. The summed E-state index contributed by atoms with van der Waals surface area (Å²) in [4.78, 5) is 11.4. The molecular formula is C17H16O4. The molecule has 0 spiro atoms. The van der Waals surface area contributed by atoms with E-state index in [9.17, 15) is 9.90 Å². The molecule has 3 rings (SSSR count). The fourth-order valence-electron chi connectivity index (χ4n) is 2.75. The van der Waals surface area contributed by atoms with Gasteiger partial charge in [0.25, 0.3) is 0 Å². The molecule has 108 valence electrons. The van der Waals surface area contributed by atoms with Crippen LogP contribution < -0.4 is 9.47 Å². The molecule has 0 fully saturated rings. The second-order valence-electron chi connectivity index (χ2n) is 4.99. The van der Waals surface area contributed by atoms with Crippen molar-refractivity contribution in [3.05, 3.63) is 59.2 Å². The molecule has 1 atom stereocenters. The minimum Gasteiger partial charge on any atom is -0.493 e. The number of hydrogen-bond donors (Lipinski definition) is 1. The van der Waals surface area contributed by atoms with E-state index in [1.165, 1.54) is 18.7 Å². The van der Waals surface area contributed by atoms with Crippen molar-refractivity contribution in [2.45, 2.75) is 18.9 Å². The van der Waals surface area contributed by atoms with Crippen molar-refractivity contribution in [2.75, 3.05) is 7.11 Å². The normalized spacial score (nSPS) is 16.3. The summed E-state index contributed by atoms with van der Waals surface area (Å²) >= 11 is 0. The highest BCUT2D eigenvalue weighted by Crippen LogP contribution is 2.39. The molecule has 2 aromatic rings. The Bertz CT molecular complexity index is 678. The van der Waals surface area contributed by atoms with Gasteiger partial charge in [-0.25, -0.2) is 4.79 Å². The molecule has 1 unspecified atom stereocenters. The Labute approximate surface area is 122 Å². The van der Waals surface area contributed by atoms with Gasteiger partial charge in [-0.3, -0.25) is 0 Å². The third-order valence-electron chi connectivity index (χ3n) is 3.77. The summed E-state index contributed by atoms with van der Waals surface area (Å²) in [5.74, 6) is -0.274. The second-order valence-corrected chi connectivity index (χ2v) is 4.99. The average Bonchev–Trinajstić information content (AvgIpc) is 2.90. The maximum absolute atomic E-state index is 11.4. The fraction of sp³-hybridized carbons (Fsp3) is 0.235. The zero-order valence-electron chi connectivity index (χ0n) is 11.7. The number of para-hydroxylation sites is 1. The van der Waals surface area contributed by atoms with E-state index in [0.717, 1.165) is 18.4 Å². The minimum absolute atomic E-state index is 0.124. The Morgan fingerprint density at radius 1 is 1.19 bits per heavy atom. The molecule has 2 aromatic carbocycles. The standard InChI is InChI=1S/C17H16O4/c1-20-15-8-4-7-13(17(18)19)16(15)21-14-10-9-11-5-2-3-6-12(11)14/h2-8,14H,9-10H2,1H3,(H,18,19). The minimum atomic E-state index is -1.02. The van der Waals surface area contributed by atoms with E-state index in [4.69, 9.17) is 9.47 Å². The predicted molar refractivity (Wildman–Crippen MR) is 78.1 cm³/mol. The SMILES string of the molecule is COc1cccc(C(=O)O)c1OC1CCc2ccccc21. The van der Waals surface area contributed by atoms with Crippen molar-refractivity contribution in [2.24, 2.45) is 0 Å². The number of aromatic carboxylic acids is 1. The van der Waals surface area contributed by atoms with Crippen LogP contribution in [0.2, 0.25) is 0 Å². The summed E-state index contributed by atoms with van der Waals surface area (Å²) in [6.07, 6.45) is 1.66. The van der Waals surface area contributed by atoms with Gasteiger partial charge < -0.3 is 14.6 Å². The molecule has 0 aromatic heterocycles. The maximum Gasteiger partial charge on any atom is 0.339 e. The van der Waals surface area contributed by atoms with Crippen molar-refractivity contribution in [1.82, 2.24) is 0 Å². The van der Waals surface area contributed by atoms with E-state index >= 15 is 0 Å². The number of carbonyl (C=O) groups is 1. The molecule has 1 aliphatic rings. The number of fused-ring (bicyclic) bond motifs is 1. The lowest BCUT2D eigenvalue weighted by Crippen LogP contribution is -2.09.